The van der Waals surface area contributed by atoms with Crippen molar-refractivity contribution in [2.75, 3.05) is 18.0 Å². The first-order valence-corrected chi connectivity index (χ1v) is 13.2. The molecule has 0 bridgehead atoms. The third-order valence-electron chi connectivity index (χ3n) is 7.13. The van der Waals surface area contributed by atoms with E-state index in [4.69, 9.17) is 0 Å². The minimum Gasteiger partial charge on any atom is -0.351 e. The van der Waals surface area contributed by atoms with Gasteiger partial charge in [0.15, 0.2) is 0 Å². The number of hydrogen-bond donors (Lipinski definition) is 1. The second-order valence-electron chi connectivity index (χ2n) is 9.81. The molecule has 1 atom stereocenters. The van der Waals surface area contributed by atoms with Crippen molar-refractivity contribution < 1.29 is 18.0 Å². The van der Waals surface area contributed by atoms with Gasteiger partial charge in [0, 0.05) is 18.3 Å². The van der Waals surface area contributed by atoms with E-state index < -0.39 is 21.5 Å². The van der Waals surface area contributed by atoms with Crippen molar-refractivity contribution in [1.29, 1.82) is 0 Å². The van der Waals surface area contributed by atoms with Gasteiger partial charge in [-0.1, -0.05) is 36.6 Å². The minimum atomic E-state index is -3.96. The number of amides is 2. The number of hydrogen-bond acceptors (Lipinski definition) is 4. The average Bonchev–Trinajstić information content (AvgIpc) is 3.29. The standard InChI is InChI=1S/C26H33N3O4S/c1-18-9-13-23(14-10-18)34(32,33)28-16-24(30)29(22-12-11-19(2)20(3)15-22)26(4,17-28)25(31)27-21-7-5-6-8-21/h9-15,21H,5-8,16-17H2,1-4H3,(H,27,31). The first-order valence-electron chi connectivity index (χ1n) is 11.8. The maximum atomic E-state index is 13.7. The molecule has 2 aliphatic rings. The molecule has 7 nitrogen and oxygen atoms in total. The van der Waals surface area contributed by atoms with Gasteiger partial charge < -0.3 is 5.32 Å². The summed E-state index contributed by atoms with van der Waals surface area (Å²) in [7, 11) is -3.96. The van der Waals surface area contributed by atoms with Crippen LogP contribution < -0.4 is 10.2 Å². The number of carbonyl (C=O) groups is 2. The molecule has 1 heterocycles. The maximum Gasteiger partial charge on any atom is 0.247 e. The van der Waals surface area contributed by atoms with Gasteiger partial charge in [0.05, 0.1) is 11.4 Å². The van der Waals surface area contributed by atoms with Gasteiger partial charge in [0.1, 0.15) is 5.54 Å². The molecule has 0 aromatic heterocycles. The van der Waals surface area contributed by atoms with Crippen molar-refractivity contribution in [3.8, 4) is 0 Å². The second kappa shape index (κ2) is 9.15. The Morgan fingerprint density at radius 1 is 1.00 bits per heavy atom. The lowest BCUT2D eigenvalue weighted by Gasteiger charge is -2.47. The maximum absolute atomic E-state index is 13.7. The molecule has 1 saturated heterocycles. The van der Waals surface area contributed by atoms with Crippen LogP contribution in [0, 0.1) is 20.8 Å². The Hall–Kier alpha value is -2.71. The van der Waals surface area contributed by atoms with E-state index in [0.29, 0.717) is 5.69 Å². The van der Waals surface area contributed by atoms with Gasteiger partial charge in [-0.2, -0.15) is 4.31 Å². The lowest BCUT2D eigenvalue weighted by Crippen LogP contribution is -2.70. The highest BCUT2D eigenvalue weighted by molar-refractivity contribution is 7.89. The molecule has 34 heavy (non-hydrogen) atoms. The third kappa shape index (κ3) is 4.49. The highest BCUT2D eigenvalue weighted by Gasteiger charge is 2.51. The van der Waals surface area contributed by atoms with Crippen molar-refractivity contribution >= 4 is 27.5 Å². The number of piperazine rings is 1. The Morgan fingerprint density at radius 3 is 2.26 bits per heavy atom. The average molecular weight is 484 g/mol. The summed E-state index contributed by atoms with van der Waals surface area (Å²) in [4.78, 5) is 28.8. The fourth-order valence-corrected chi connectivity index (χ4v) is 6.35. The molecule has 1 aliphatic carbocycles. The smallest absolute Gasteiger partial charge is 0.247 e. The Bertz CT molecular complexity index is 1200. The van der Waals surface area contributed by atoms with Crippen molar-refractivity contribution in [2.24, 2.45) is 0 Å². The normalized spacial score (nSPS) is 22.2. The van der Waals surface area contributed by atoms with Crippen LogP contribution in [-0.4, -0.2) is 49.2 Å². The number of benzene rings is 2. The summed E-state index contributed by atoms with van der Waals surface area (Å²) in [6.07, 6.45) is 3.89. The van der Waals surface area contributed by atoms with E-state index in [-0.39, 0.29) is 29.9 Å². The van der Waals surface area contributed by atoms with E-state index in [1.165, 1.54) is 4.90 Å². The van der Waals surface area contributed by atoms with Gasteiger partial charge >= 0.3 is 0 Å². The van der Waals surface area contributed by atoms with Gasteiger partial charge in [-0.15, -0.1) is 0 Å². The van der Waals surface area contributed by atoms with Gasteiger partial charge in [-0.05, 0) is 75.9 Å². The predicted octanol–water partition coefficient (Wildman–Crippen LogP) is 3.47. The SMILES string of the molecule is Cc1ccc(S(=O)(=O)N2CC(=O)N(c3ccc(C)c(C)c3)C(C)(C(=O)NC3CCCC3)C2)cc1. The number of carbonyl (C=O) groups excluding carboxylic acids is 2. The minimum absolute atomic E-state index is 0.0464. The molecular formula is C26H33N3O4S. The molecule has 8 heteroatoms. The van der Waals surface area contributed by atoms with Crippen LogP contribution in [0.1, 0.15) is 49.3 Å². The molecule has 2 aromatic rings. The monoisotopic (exact) mass is 483 g/mol. The lowest BCUT2D eigenvalue weighted by molar-refractivity contribution is -0.133. The molecule has 1 unspecified atom stereocenters. The van der Waals surface area contributed by atoms with Crippen LogP contribution in [0.3, 0.4) is 0 Å². The van der Waals surface area contributed by atoms with E-state index in [0.717, 1.165) is 46.7 Å². The molecule has 2 amide bonds. The van der Waals surface area contributed by atoms with Crippen molar-refractivity contribution in [3.05, 3.63) is 59.2 Å². The molecule has 4 rings (SSSR count). The number of aryl methyl sites for hydroxylation is 3. The van der Waals surface area contributed by atoms with Gasteiger partial charge in [0.2, 0.25) is 21.8 Å². The van der Waals surface area contributed by atoms with Crippen molar-refractivity contribution in [2.45, 2.75) is 69.9 Å². The molecule has 1 aliphatic heterocycles. The van der Waals surface area contributed by atoms with Crippen LogP contribution >= 0.6 is 0 Å². The molecule has 182 valence electrons. The molecule has 0 radical (unpaired) electrons. The van der Waals surface area contributed by atoms with Gasteiger partial charge in [-0.25, -0.2) is 8.42 Å². The fraction of sp³-hybridized carbons (Fsp3) is 0.462. The predicted molar refractivity (Wildman–Crippen MR) is 132 cm³/mol. The van der Waals surface area contributed by atoms with E-state index in [1.807, 2.05) is 39.0 Å². The quantitative estimate of drug-likeness (QED) is 0.706. The van der Waals surface area contributed by atoms with E-state index >= 15 is 0 Å². The van der Waals surface area contributed by atoms with Crippen LogP contribution in [-0.2, 0) is 19.6 Å². The molecule has 2 fully saturated rings. The van der Waals surface area contributed by atoms with Crippen LogP contribution in [0.15, 0.2) is 47.4 Å². The number of nitrogens with one attached hydrogen (secondary N) is 1. The summed E-state index contributed by atoms with van der Waals surface area (Å²) >= 11 is 0. The summed E-state index contributed by atoms with van der Waals surface area (Å²) < 4.78 is 28.1. The van der Waals surface area contributed by atoms with Gasteiger partial charge in [-0.3, -0.25) is 14.5 Å². The first-order chi connectivity index (χ1) is 16.0. The third-order valence-corrected chi connectivity index (χ3v) is 8.93. The van der Waals surface area contributed by atoms with E-state index in [9.17, 15) is 18.0 Å². The molecule has 0 spiro atoms. The van der Waals surface area contributed by atoms with E-state index in [2.05, 4.69) is 5.32 Å². The highest BCUT2D eigenvalue weighted by atomic mass is 32.2. The van der Waals surface area contributed by atoms with Crippen molar-refractivity contribution in [3.63, 3.8) is 0 Å². The fourth-order valence-electron chi connectivity index (χ4n) is 4.87. The Kier molecular flexibility index (Phi) is 6.57. The molecule has 2 aromatic carbocycles. The largest absolute Gasteiger partial charge is 0.351 e. The summed E-state index contributed by atoms with van der Waals surface area (Å²) in [5.74, 6) is -0.746. The summed E-state index contributed by atoms with van der Waals surface area (Å²) in [6, 6.07) is 12.2. The number of sulfonamides is 1. The lowest BCUT2D eigenvalue weighted by atomic mass is 9.93. The van der Waals surface area contributed by atoms with Crippen LogP contribution in [0.2, 0.25) is 0 Å². The van der Waals surface area contributed by atoms with Crippen LogP contribution in [0.25, 0.3) is 0 Å². The first kappa shape index (κ1) is 24.4. The zero-order valence-corrected chi connectivity index (χ0v) is 21.1. The molecule has 1 saturated carbocycles. The Morgan fingerprint density at radius 2 is 1.65 bits per heavy atom. The molecular weight excluding hydrogens is 450 g/mol. The second-order valence-corrected chi connectivity index (χ2v) is 11.8. The number of anilines is 1. The zero-order valence-electron chi connectivity index (χ0n) is 20.3. The zero-order chi connectivity index (χ0) is 24.7. The summed E-state index contributed by atoms with van der Waals surface area (Å²) in [5.41, 5.74) is 2.23. The van der Waals surface area contributed by atoms with Gasteiger partial charge in [0.25, 0.3) is 0 Å². The van der Waals surface area contributed by atoms with Crippen LogP contribution in [0.4, 0.5) is 5.69 Å². The number of rotatable bonds is 5. The number of nitrogens with zero attached hydrogens (tertiary/aromatic N) is 2. The highest BCUT2D eigenvalue weighted by Crippen LogP contribution is 2.34. The van der Waals surface area contributed by atoms with Crippen molar-refractivity contribution in [1.82, 2.24) is 9.62 Å². The summed E-state index contributed by atoms with van der Waals surface area (Å²) in [6.45, 7) is 7.04. The Labute approximate surface area is 202 Å². The molecule has 1 N–H and O–H groups in total. The topological polar surface area (TPSA) is 86.8 Å². The van der Waals surface area contributed by atoms with E-state index in [1.54, 1.807) is 31.2 Å². The Balaban J connectivity index is 1.74. The summed E-state index contributed by atoms with van der Waals surface area (Å²) in [5, 5.41) is 3.10. The van der Waals surface area contributed by atoms with Crippen LogP contribution in [0.5, 0.6) is 0 Å².